The van der Waals surface area contributed by atoms with Gasteiger partial charge in [0.2, 0.25) is 0 Å². The van der Waals surface area contributed by atoms with Crippen LogP contribution in [0, 0.1) is 0 Å². The molecule has 0 radical (unpaired) electrons. The minimum absolute atomic E-state index is 0. The predicted molar refractivity (Wildman–Crippen MR) is 91.9 cm³/mol. The molecule has 22 heavy (non-hydrogen) atoms. The quantitative estimate of drug-likeness (QED) is 0.842. The second-order valence-corrected chi connectivity index (χ2v) is 6.80. The summed E-state index contributed by atoms with van der Waals surface area (Å²) >= 11 is 3.48. The molecule has 1 heterocycles. The van der Waals surface area contributed by atoms with E-state index in [1.54, 1.807) is 0 Å². The van der Waals surface area contributed by atoms with Gasteiger partial charge in [0, 0.05) is 23.6 Å². The van der Waals surface area contributed by atoms with Crippen molar-refractivity contribution in [2.45, 2.75) is 50.5 Å². The van der Waals surface area contributed by atoms with E-state index in [-0.39, 0.29) is 30.5 Å². The van der Waals surface area contributed by atoms with E-state index in [2.05, 4.69) is 28.1 Å². The van der Waals surface area contributed by atoms with Gasteiger partial charge >= 0.3 is 0 Å². The minimum Gasteiger partial charge on any atom is -0.364 e. The molecule has 1 saturated carbocycles. The van der Waals surface area contributed by atoms with Crippen molar-refractivity contribution in [3.05, 3.63) is 34.3 Å². The second kappa shape index (κ2) is 7.77. The smallest absolute Gasteiger partial charge is 0.252 e. The second-order valence-electron chi connectivity index (χ2n) is 5.89. The molecule has 4 nitrogen and oxygen atoms in total. The highest BCUT2D eigenvalue weighted by Gasteiger charge is 2.39. The summed E-state index contributed by atoms with van der Waals surface area (Å²) < 4.78 is 6.81. The largest absolute Gasteiger partial charge is 0.364 e. The number of carbonyl (C=O) groups excluding carboxylic acids is 1. The first kappa shape index (κ1) is 17.7. The van der Waals surface area contributed by atoms with Crippen LogP contribution >= 0.6 is 28.3 Å². The molecule has 6 heteroatoms. The Balaban J connectivity index is 0.00000176. The van der Waals surface area contributed by atoms with Gasteiger partial charge in [-0.2, -0.15) is 0 Å². The highest BCUT2D eigenvalue weighted by Crippen LogP contribution is 2.31. The van der Waals surface area contributed by atoms with Crippen molar-refractivity contribution < 1.29 is 9.53 Å². The topological polar surface area (TPSA) is 55.6 Å². The van der Waals surface area contributed by atoms with Gasteiger partial charge < -0.3 is 15.4 Å². The molecule has 0 aromatic heterocycles. The molecule has 0 spiro atoms. The molecule has 2 aliphatic rings. The summed E-state index contributed by atoms with van der Waals surface area (Å²) in [6, 6.07) is 8.52. The van der Waals surface area contributed by atoms with Gasteiger partial charge in [-0.1, -0.05) is 28.1 Å². The van der Waals surface area contributed by atoms with Crippen LogP contribution in [0.5, 0.6) is 0 Å². The van der Waals surface area contributed by atoms with E-state index >= 15 is 0 Å². The first-order valence-corrected chi connectivity index (χ1v) is 8.37. The monoisotopic (exact) mass is 388 g/mol. The average molecular weight is 390 g/mol. The van der Waals surface area contributed by atoms with Crippen LogP contribution in [0.1, 0.15) is 31.2 Å². The van der Waals surface area contributed by atoms with Crippen LogP contribution in [0.15, 0.2) is 28.7 Å². The van der Waals surface area contributed by atoms with Crippen molar-refractivity contribution >= 4 is 34.2 Å². The van der Waals surface area contributed by atoms with Gasteiger partial charge in [0.1, 0.15) is 6.10 Å². The van der Waals surface area contributed by atoms with Gasteiger partial charge in [0.25, 0.3) is 5.91 Å². The SMILES string of the molecule is Cl.NC[C@H]1CC[C@@H](C(=O)N(Cc2cccc(Br)c2)C2CC2)O1. The highest BCUT2D eigenvalue weighted by atomic mass is 79.9. The molecule has 1 aliphatic heterocycles. The molecule has 3 rings (SSSR count). The van der Waals surface area contributed by atoms with Crippen molar-refractivity contribution in [2.75, 3.05) is 6.54 Å². The Morgan fingerprint density at radius 2 is 2.09 bits per heavy atom. The lowest BCUT2D eigenvalue weighted by molar-refractivity contribution is -0.144. The van der Waals surface area contributed by atoms with Crippen LogP contribution in [0.2, 0.25) is 0 Å². The van der Waals surface area contributed by atoms with Crippen LogP contribution in [-0.4, -0.2) is 35.6 Å². The van der Waals surface area contributed by atoms with E-state index < -0.39 is 0 Å². The lowest BCUT2D eigenvalue weighted by atomic mass is 10.1. The van der Waals surface area contributed by atoms with Gasteiger partial charge in [-0.25, -0.2) is 0 Å². The van der Waals surface area contributed by atoms with Crippen molar-refractivity contribution in [2.24, 2.45) is 5.73 Å². The van der Waals surface area contributed by atoms with Gasteiger partial charge in [0.15, 0.2) is 0 Å². The Bertz CT molecular complexity index is 525. The zero-order valence-corrected chi connectivity index (χ0v) is 14.8. The van der Waals surface area contributed by atoms with E-state index in [1.165, 1.54) is 0 Å². The Morgan fingerprint density at radius 3 is 2.68 bits per heavy atom. The maximum Gasteiger partial charge on any atom is 0.252 e. The number of rotatable bonds is 5. The summed E-state index contributed by atoms with van der Waals surface area (Å²) in [5.41, 5.74) is 6.78. The molecule has 1 aliphatic carbocycles. The van der Waals surface area contributed by atoms with Crippen LogP contribution < -0.4 is 5.73 Å². The van der Waals surface area contributed by atoms with Gasteiger partial charge in [-0.3, -0.25) is 4.79 Å². The maximum absolute atomic E-state index is 12.7. The molecule has 2 atom stereocenters. The third-order valence-electron chi connectivity index (χ3n) is 4.16. The summed E-state index contributed by atoms with van der Waals surface area (Å²) in [5.74, 6) is 0.133. The molecule has 0 bridgehead atoms. The number of carbonyl (C=O) groups is 1. The zero-order chi connectivity index (χ0) is 14.8. The third kappa shape index (κ3) is 4.22. The number of ether oxygens (including phenoxy) is 1. The number of nitrogens with two attached hydrogens (primary N) is 1. The minimum atomic E-state index is -0.300. The normalized spacial score (nSPS) is 23.9. The molecule has 2 fully saturated rings. The lowest BCUT2D eigenvalue weighted by Gasteiger charge is -2.26. The van der Waals surface area contributed by atoms with Crippen LogP contribution in [0.25, 0.3) is 0 Å². The number of nitrogens with zero attached hydrogens (tertiary/aromatic N) is 1. The molecule has 1 aromatic rings. The molecule has 1 aromatic carbocycles. The van der Waals surface area contributed by atoms with E-state index in [1.807, 2.05) is 17.0 Å². The fourth-order valence-electron chi connectivity index (χ4n) is 2.85. The van der Waals surface area contributed by atoms with Crippen molar-refractivity contribution in [1.29, 1.82) is 0 Å². The number of amides is 1. The van der Waals surface area contributed by atoms with Crippen LogP contribution in [0.4, 0.5) is 0 Å². The first-order valence-electron chi connectivity index (χ1n) is 7.58. The average Bonchev–Trinajstić information content (AvgIpc) is 3.20. The molecular formula is C16H22BrClN2O2. The van der Waals surface area contributed by atoms with E-state index in [0.717, 1.165) is 35.7 Å². The Hall–Kier alpha value is -0.620. The third-order valence-corrected chi connectivity index (χ3v) is 4.65. The lowest BCUT2D eigenvalue weighted by Crippen LogP contribution is -2.40. The molecule has 0 unspecified atom stereocenters. The van der Waals surface area contributed by atoms with Crippen LogP contribution in [-0.2, 0) is 16.1 Å². The molecule has 1 saturated heterocycles. The summed E-state index contributed by atoms with van der Waals surface area (Å²) in [7, 11) is 0. The van der Waals surface area contributed by atoms with E-state index in [4.69, 9.17) is 10.5 Å². The summed E-state index contributed by atoms with van der Waals surface area (Å²) in [6.45, 7) is 1.16. The molecule has 2 N–H and O–H groups in total. The highest BCUT2D eigenvalue weighted by molar-refractivity contribution is 9.10. The number of halogens is 2. The number of benzene rings is 1. The van der Waals surface area contributed by atoms with Gasteiger partial charge in [0.05, 0.1) is 6.10 Å². The van der Waals surface area contributed by atoms with E-state index in [0.29, 0.717) is 19.1 Å². The van der Waals surface area contributed by atoms with Gasteiger partial charge in [-0.15, -0.1) is 12.4 Å². The summed E-state index contributed by atoms with van der Waals surface area (Å²) in [4.78, 5) is 14.7. The van der Waals surface area contributed by atoms with Gasteiger partial charge in [-0.05, 0) is 43.4 Å². The number of hydrogen-bond acceptors (Lipinski definition) is 3. The fraction of sp³-hybridized carbons (Fsp3) is 0.562. The zero-order valence-electron chi connectivity index (χ0n) is 12.4. The predicted octanol–water partition coefficient (Wildman–Crippen LogP) is 2.87. The fourth-order valence-corrected chi connectivity index (χ4v) is 3.30. The van der Waals surface area contributed by atoms with Crippen molar-refractivity contribution in [1.82, 2.24) is 4.90 Å². The molecule has 1 amide bonds. The van der Waals surface area contributed by atoms with E-state index in [9.17, 15) is 4.79 Å². The first-order chi connectivity index (χ1) is 10.2. The van der Waals surface area contributed by atoms with Crippen molar-refractivity contribution in [3.8, 4) is 0 Å². The maximum atomic E-state index is 12.7. The number of hydrogen-bond donors (Lipinski definition) is 1. The summed E-state index contributed by atoms with van der Waals surface area (Å²) in [6.07, 6.45) is 3.64. The Kier molecular flexibility index (Phi) is 6.26. The molecule has 122 valence electrons. The Morgan fingerprint density at radius 1 is 1.32 bits per heavy atom. The standard InChI is InChI=1S/C16H21BrN2O2.ClH/c17-12-3-1-2-11(8-12)10-19(13-4-5-13)16(20)15-7-6-14(9-18)21-15;/h1-3,8,13-15H,4-7,9-10,18H2;1H/t14-,15+;/m1./s1. The summed E-state index contributed by atoms with van der Waals surface area (Å²) in [5, 5.41) is 0. The van der Waals surface area contributed by atoms with Crippen molar-refractivity contribution in [3.63, 3.8) is 0 Å². The molecular weight excluding hydrogens is 368 g/mol. The Labute approximate surface area is 145 Å². The van der Waals surface area contributed by atoms with Crippen LogP contribution in [0.3, 0.4) is 0 Å².